The van der Waals surface area contributed by atoms with E-state index in [4.69, 9.17) is 5.11 Å². The smallest absolute Gasteiger partial charge is 0.306 e. The third-order valence-corrected chi connectivity index (χ3v) is 11.0. The molecule has 1 saturated heterocycles. The number of aliphatic carboxylic acids is 1. The molecule has 0 aromatic rings. The molecule has 1 aliphatic heterocycles. The second-order valence-corrected chi connectivity index (χ2v) is 13.2. The maximum absolute atomic E-state index is 11.1. The van der Waals surface area contributed by atoms with E-state index in [-0.39, 0.29) is 5.92 Å². The van der Waals surface area contributed by atoms with E-state index in [0.29, 0.717) is 0 Å². The summed E-state index contributed by atoms with van der Waals surface area (Å²) >= 11 is 0. The molecule has 2 nitrogen and oxygen atoms in total. The molecule has 1 heterocycles. The van der Waals surface area contributed by atoms with E-state index in [1.54, 1.807) is 18.1 Å². The zero-order chi connectivity index (χ0) is 15.3. The van der Waals surface area contributed by atoms with E-state index in [9.17, 15) is 4.79 Å². The quantitative estimate of drug-likeness (QED) is 0.515. The standard InChI is InChI=1S/C18H34O2Si/c1-3-4-5-12-21(2)13-10-16(11-14-21)15-6-8-17(9-7-15)18(19)20/h15-17H,3-14H2,1-2H3,(H,19,20). The Kier molecular flexibility index (Phi) is 6.33. The van der Waals surface area contributed by atoms with Gasteiger partial charge in [0.15, 0.2) is 0 Å². The molecular formula is C18H34O2Si. The lowest BCUT2D eigenvalue weighted by molar-refractivity contribution is -0.143. The van der Waals surface area contributed by atoms with Crippen LogP contribution in [0.1, 0.15) is 64.7 Å². The number of unbranched alkanes of at least 4 members (excludes halogenated alkanes) is 2. The Labute approximate surface area is 131 Å². The minimum atomic E-state index is -0.905. The first-order valence-electron chi connectivity index (χ1n) is 9.27. The molecule has 0 radical (unpaired) electrons. The van der Waals surface area contributed by atoms with Crippen LogP contribution in [0.2, 0.25) is 24.7 Å². The number of rotatable bonds is 6. The van der Waals surface area contributed by atoms with Crippen molar-refractivity contribution in [1.29, 1.82) is 0 Å². The average Bonchev–Trinajstić information content (AvgIpc) is 2.48. The summed E-state index contributed by atoms with van der Waals surface area (Å²) in [5.41, 5.74) is 0. The number of carboxylic acids is 1. The van der Waals surface area contributed by atoms with Gasteiger partial charge in [0.1, 0.15) is 0 Å². The van der Waals surface area contributed by atoms with Crippen molar-refractivity contribution in [2.24, 2.45) is 17.8 Å². The molecule has 2 rings (SSSR count). The number of carbonyl (C=O) groups is 1. The predicted octanol–water partition coefficient (Wildman–Crippen LogP) is 5.56. The van der Waals surface area contributed by atoms with E-state index in [1.807, 2.05) is 0 Å². The third-order valence-electron chi connectivity index (χ3n) is 6.41. The molecule has 2 fully saturated rings. The van der Waals surface area contributed by atoms with Gasteiger partial charge in [-0.05, 0) is 37.5 Å². The molecule has 0 unspecified atom stereocenters. The summed E-state index contributed by atoms with van der Waals surface area (Å²) in [6.45, 7) is 4.94. The second-order valence-electron chi connectivity index (χ2n) is 8.06. The van der Waals surface area contributed by atoms with Crippen molar-refractivity contribution in [3.63, 3.8) is 0 Å². The molecule has 2 aliphatic rings. The Bertz CT molecular complexity index is 326. The molecule has 0 aromatic carbocycles. The first-order valence-corrected chi connectivity index (χ1v) is 12.4. The summed E-state index contributed by atoms with van der Waals surface area (Å²) < 4.78 is 0. The normalized spacial score (nSPS) is 37.3. The van der Waals surface area contributed by atoms with E-state index < -0.39 is 14.0 Å². The average molecular weight is 311 g/mol. The van der Waals surface area contributed by atoms with Crippen molar-refractivity contribution in [1.82, 2.24) is 0 Å². The van der Waals surface area contributed by atoms with Gasteiger partial charge < -0.3 is 5.11 Å². The van der Waals surface area contributed by atoms with E-state index in [2.05, 4.69) is 13.5 Å². The zero-order valence-corrected chi connectivity index (χ0v) is 15.1. The van der Waals surface area contributed by atoms with Gasteiger partial charge >= 0.3 is 5.97 Å². The van der Waals surface area contributed by atoms with Crippen LogP contribution in [-0.2, 0) is 4.79 Å². The van der Waals surface area contributed by atoms with E-state index in [0.717, 1.165) is 24.7 Å². The molecule has 0 bridgehead atoms. The van der Waals surface area contributed by atoms with Crippen LogP contribution < -0.4 is 0 Å². The van der Waals surface area contributed by atoms with Gasteiger partial charge in [-0.2, -0.15) is 0 Å². The van der Waals surface area contributed by atoms with Gasteiger partial charge in [-0.1, -0.05) is 63.7 Å². The Morgan fingerprint density at radius 1 is 1.00 bits per heavy atom. The minimum Gasteiger partial charge on any atom is -0.481 e. The van der Waals surface area contributed by atoms with Crippen LogP contribution in [0.3, 0.4) is 0 Å². The maximum Gasteiger partial charge on any atom is 0.306 e. The predicted molar refractivity (Wildman–Crippen MR) is 91.4 cm³/mol. The second kappa shape index (κ2) is 7.80. The number of carboxylic acid groups (broad SMARTS) is 1. The zero-order valence-electron chi connectivity index (χ0n) is 14.1. The van der Waals surface area contributed by atoms with Crippen molar-refractivity contribution >= 4 is 14.0 Å². The van der Waals surface area contributed by atoms with Crippen LogP contribution in [0.4, 0.5) is 0 Å². The highest BCUT2D eigenvalue weighted by molar-refractivity contribution is 6.78. The maximum atomic E-state index is 11.1. The van der Waals surface area contributed by atoms with Gasteiger partial charge in [0.25, 0.3) is 0 Å². The van der Waals surface area contributed by atoms with E-state index >= 15 is 0 Å². The van der Waals surface area contributed by atoms with E-state index in [1.165, 1.54) is 44.9 Å². The van der Waals surface area contributed by atoms with Crippen molar-refractivity contribution in [2.75, 3.05) is 0 Å². The molecule has 3 heteroatoms. The monoisotopic (exact) mass is 310 g/mol. The van der Waals surface area contributed by atoms with Crippen LogP contribution in [0.25, 0.3) is 0 Å². The van der Waals surface area contributed by atoms with Crippen molar-refractivity contribution in [3.8, 4) is 0 Å². The fraction of sp³-hybridized carbons (Fsp3) is 0.944. The fourth-order valence-corrected chi connectivity index (χ4v) is 8.69. The van der Waals surface area contributed by atoms with Crippen LogP contribution in [-0.4, -0.2) is 19.1 Å². The summed E-state index contributed by atoms with van der Waals surface area (Å²) in [6.07, 6.45) is 11.4. The lowest BCUT2D eigenvalue weighted by Gasteiger charge is -2.41. The van der Waals surface area contributed by atoms with Gasteiger partial charge in [-0.3, -0.25) is 4.79 Å². The Hall–Kier alpha value is -0.313. The molecule has 1 N–H and O–H groups in total. The van der Waals surface area contributed by atoms with Crippen LogP contribution in [0.15, 0.2) is 0 Å². The summed E-state index contributed by atoms with van der Waals surface area (Å²) in [5, 5.41) is 9.11. The Morgan fingerprint density at radius 2 is 1.57 bits per heavy atom. The molecule has 0 spiro atoms. The van der Waals surface area contributed by atoms with Crippen LogP contribution in [0.5, 0.6) is 0 Å². The highest BCUT2D eigenvalue weighted by atomic mass is 28.3. The summed E-state index contributed by atoms with van der Waals surface area (Å²) in [4.78, 5) is 11.1. The lowest BCUT2D eigenvalue weighted by Crippen LogP contribution is -2.37. The highest BCUT2D eigenvalue weighted by Crippen LogP contribution is 2.44. The molecule has 0 aromatic heterocycles. The van der Waals surface area contributed by atoms with Gasteiger partial charge in [-0.25, -0.2) is 0 Å². The van der Waals surface area contributed by atoms with Gasteiger partial charge in [0, 0.05) is 0 Å². The Morgan fingerprint density at radius 3 is 2.10 bits per heavy atom. The van der Waals surface area contributed by atoms with Crippen LogP contribution in [0, 0.1) is 17.8 Å². The van der Waals surface area contributed by atoms with Crippen molar-refractivity contribution in [2.45, 2.75) is 89.4 Å². The minimum absolute atomic E-state index is 0.0430. The molecule has 1 saturated carbocycles. The molecule has 122 valence electrons. The fourth-order valence-electron chi connectivity index (χ4n) is 4.70. The molecule has 1 aliphatic carbocycles. The summed E-state index contributed by atoms with van der Waals surface area (Å²) in [5.74, 6) is 1.16. The first-order chi connectivity index (χ1) is 10.0. The topological polar surface area (TPSA) is 37.3 Å². The third kappa shape index (κ3) is 4.84. The van der Waals surface area contributed by atoms with Crippen LogP contribution >= 0.6 is 0 Å². The Balaban J connectivity index is 1.73. The van der Waals surface area contributed by atoms with Crippen molar-refractivity contribution < 1.29 is 9.90 Å². The molecule has 21 heavy (non-hydrogen) atoms. The summed E-state index contributed by atoms with van der Waals surface area (Å²) in [7, 11) is -0.905. The first kappa shape index (κ1) is 17.0. The molecule has 0 amide bonds. The SMILES string of the molecule is CCCCC[Si]1(C)CCC(C2CCC(C(=O)O)CC2)CC1. The highest BCUT2D eigenvalue weighted by Gasteiger charge is 2.37. The molecule has 0 atom stereocenters. The van der Waals surface area contributed by atoms with Gasteiger partial charge in [-0.15, -0.1) is 0 Å². The largest absolute Gasteiger partial charge is 0.481 e. The summed E-state index contributed by atoms with van der Waals surface area (Å²) in [6, 6.07) is 4.64. The van der Waals surface area contributed by atoms with Gasteiger partial charge in [0.05, 0.1) is 14.0 Å². The van der Waals surface area contributed by atoms with Crippen molar-refractivity contribution in [3.05, 3.63) is 0 Å². The van der Waals surface area contributed by atoms with Gasteiger partial charge in [0.2, 0.25) is 0 Å². The molecular weight excluding hydrogens is 276 g/mol. The number of hydrogen-bond donors (Lipinski definition) is 1. The number of hydrogen-bond acceptors (Lipinski definition) is 1. The lowest BCUT2D eigenvalue weighted by atomic mass is 9.74.